The van der Waals surface area contributed by atoms with E-state index in [2.05, 4.69) is 18.9 Å². The first-order valence-corrected chi connectivity index (χ1v) is 4.31. The standard InChI is InChI=1S/C9H16N2O/c1-7(2)9-4-5-11(10-9)6-8(3)12/h4-5,7-8,12H,6H2,1-3H3/t8-/m0/s1. The van der Waals surface area contributed by atoms with Crippen molar-refractivity contribution in [2.24, 2.45) is 0 Å². The van der Waals surface area contributed by atoms with E-state index in [1.54, 1.807) is 11.6 Å². The van der Waals surface area contributed by atoms with Crippen LogP contribution in [0.2, 0.25) is 0 Å². The molecule has 1 heterocycles. The maximum atomic E-state index is 9.09. The van der Waals surface area contributed by atoms with Crippen molar-refractivity contribution in [3.8, 4) is 0 Å². The van der Waals surface area contributed by atoms with E-state index in [-0.39, 0.29) is 6.10 Å². The second kappa shape index (κ2) is 3.72. The van der Waals surface area contributed by atoms with Crippen molar-refractivity contribution < 1.29 is 5.11 Å². The number of aliphatic hydroxyl groups excluding tert-OH is 1. The van der Waals surface area contributed by atoms with Gasteiger partial charge in [0.05, 0.1) is 18.3 Å². The molecule has 0 aliphatic carbocycles. The van der Waals surface area contributed by atoms with Gasteiger partial charge in [-0.2, -0.15) is 5.10 Å². The SMILES string of the molecule is CC(C)c1ccn(C[C@H](C)O)n1. The molecule has 0 bridgehead atoms. The summed E-state index contributed by atoms with van der Waals surface area (Å²) in [5.74, 6) is 0.459. The Morgan fingerprint density at radius 1 is 1.50 bits per heavy atom. The molecule has 68 valence electrons. The highest BCUT2D eigenvalue weighted by atomic mass is 16.3. The highest BCUT2D eigenvalue weighted by Gasteiger charge is 2.04. The molecule has 0 aromatic carbocycles. The molecule has 1 aromatic heterocycles. The zero-order valence-electron chi connectivity index (χ0n) is 7.86. The Labute approximate surface area is 73.0 Å². The lowest BCUT2D eigenvalue weighted by Crippen LogP contribution is -2.12. The van der Waals surface area contributed by atoms with Gasteiger partial charge in [0.15, 0.2) is 0 Å². The molecule has 1 atom stereocenters. The molecule has 0 fully saturated rings. The summed E-state index contributed by atoms with van der Waals surface area (Å²) >= 11 is 0. The van der Waals surface area contributed by atoms with Crippen LogP contribution in [0, 0.1) is 0 Å². The topological polar surface area (TPSA) is 38.0 Å². The summed E-state index contributed by atoms with van der Waals surface area (Å²) in [7, 11) is 0. The van der Waals surface area contributed by atoms with Crippen LogP contribution in [-0.2, 0) is 6.54 Å². The van der Waals surface area contributed by atoms with E-state index in [4.69, 9.17) is 5.11 Å². The lowest BCUT2D eigenvalue weighted by molar-refractivity contribution is 0.168. The van der Waals surface area contributed by atoms with Gasteiger partial charge in [0.25, 0.3) is 0 Å². The van der Waals surface area contributed by atoms with Gasteiger partial charge < -0.3 is 5.11 Å². The van der Waals surface area contributed by atoms with Gasteiger partial charge in [0.2, 0.25) is 0 Å². The largest absolute Gasteiger partial charge is 0.391 e. The first kappa shape index (κ1) is 9.26. The predicted molar refractivity (Wildman–Crippen MR) is 48.0 cm³/mol. The Morgan fingerprint density at radius 3 is 2.58 bits per heavy atom. The quantitative estimate of drug-likeness (QED) is 0.740. The molecular formula is C9H16N2O. The normalized spacial score (nSPS) is 13.8. The van der Waals surface area contributed by atoms with E-state index in [1.807, 2.05) is 12.3 Å². The molecule has 0 aliphatic rings. The third kappa shape index (κ3) is 2.34. The Kier molecular flexibility index (Phi) is 2.87. The summed E-state index contributed by atoms with van der Waals surface area (Å²) in [5, 5.41) is 13.4. The van der Waals surface area contributed by atoms with Crippen LogP contribution in [0.4, 0.5) is 0 Å². The fourth-order valence-electron chi connectivity index (χ4n) is 1.06. The Bertz CT molecular complexity index is 240. The molecule has 0 amide bonds. The summed E-state index contributed by atoms with van der Waals surface area (Å²) < 4.78 is 1.78. The van der Waals surface area contributed by atoms with Crippen molar-refractivity contribution in [3.63, 3.8) is 0 Å². The lowest BCUT2D eigenvalue weighted by Gasteiger charge is -2.03. The number of aliphatic hydroxyl groups is 1. The monoisotopic (exact) mass is 168 g/mol. The van der Waals surface area contributed by atoms with Gasteiger partial charge in [-0.3, -0.25) is 4.68 Å². The highest BCUT2D eigenvalue weighted by molar-refractivity contribution is 5.03. The second-order valence-electron chi connectivity index (χ2n) is 3.47. The number of hydrogen-bond donors (Lipinski definition) is 1. The van der Waals surface area contributed by atoms with Crippen LogP contribution in [0.25, 0.3) is 0 Å². The van der Waals surface area contributed by atoms with Crippen molar-refractivity contribution >= 4 is 0 Å². The zero-order chi connectivity index (χ0) is 9.14. The van der Waals surface area contributed by atoms with E-state index < -0.39 is 0 Å². The van der Waals surface area contributed by atoms with Crippen LogP contribution in [-0.4, -0.2) is 21.0 Å². The molecule has 0 saturated carbocycles. The Hall–Kier alpha value is -0.830. The Morgan fingerprint density at radius 2 is 2.17 bits per heavy atom. The lowest BCUT2D eigenvalue weighted by atomic mass is 10.1. The number of nitrogens with zero attached hydrogens (tertiary/aromatic N) is 2. The second-order valence-corrected chi connectivity index (χ2v) is 3.47. The maximum absolute atomic E-state index is 9.09. The molecule has 0 saturated heterocycles. The summed E-state index contributed by atoms with van der Waals surface area (Å²) in [4.78, 5) is 0. The molecule has 3 nitrogen and oxygen atoms in total. The highest BCUT2D eigenvalue weighted by Crippen LogP contribution is 2.10. The summed E-state index contributed by atoms with van der Waals surface area (Å²) in [5.41, 5.74) is 1.08. The fraction of sp³-hybridized carbons (Fsp3) is 0.667. The van der Waals surface area contributed by atoms with Crippen LogP contribution in [0.1, 0.15) is 32.4 Å². The molecule has 12 heavy (non-hydrogen) atoms. The molecule has 0 spiro atoms. The summed E-state index contributed by atoms with van der Waals surface area (Å²) in [6.45, 7) is 6.55. The van der Waals surface area contributed by atoms with Crippen molar-refractivity contribution in [3.05, 3.63) is 18.0 Å². The van der Waals surface area contributed by atoms with E-state index in [9.17, 15) is 0 Å². The number of hydrogen-bond acceptors (Lipinski definition) is 2. The minimum atomic E-state index is -0.329. The molecule has 0 aliphatic heterocycles. The minimum Gasteiger partial charge on any atom is -0.391 e. The first-order valence-electron chi connectivity index (χ1n) is 4.31. The van der Waals surface area contributed by atoms with E-state index in [0.717, 1.165) is 5.69 Å². The van der Waals surface area contributed by atoms with Crippen LogP contribution in [0.5, 0.6) is 0 Å². The van der Waals surface area contributed by atoms with Crippen LogP contribution >= 0.6 is 0 Å². The smallest absolute Gasteiger partial charge is 0.0708 e. The van der Waals surface area contributed by atoms with Gasteiger partial charge in [0.1, 0.15) is 0 Å². The van der Waals surface area contributed by atoms with Crippen molar-refractivity contribution in [2.45, 2.75) is 39.3 Å². The summed E-state index contributed by atoms with van der Waals surface area (Å²) in [6.07, 6.45) is 1.58. The summed E-state index contributed by atoms with van der Waals surface area (Å²) in [6, 6.07) is 1.99. The van der Waals surface area contributed by atoms with Crippen molar-refractivity contribution in [2.75, 3.05) is 0 Å². The third-order valence-electron chi connectivity index (χ3n) is 1.70. The van der Waals surface area contributed by atoms with Gasteiger partial charge in [-0.05, 0) is 18.9 Å². The van der Waals surface area contributed by atoms with Crippen LogP contribution in [0.15, 0.2) is 12.3 Å². The number of aromatic nitrogens is 2. The zero-order valence-corrected chi connectivity index (χ0v) is 7.86. The van der Waals surface area contributed by atoms with Gasteiger partial charge in [-0.25, -0.2) is 0 Å². The van der Waals surface area contributed by atoms with Crippen LogP contribution < -0.4 is 0 Å². The van der Waals surface area contributed by atoms with E-state index in [0.29, 0.717) is 12.5 Å². The molecule has 0 radical (unpaired) electrons. The van der Waals surface area contributed by atoms with Gasteiger partial charge >= 0.3 is 0 Å². The van der Waals surface area contributed by atoms with Gasteiger partial charge in [0, 0.05) is 6.20 Å². The average Bonchev–Trinajstić information content (AvgIpc) is 2.34. The van der Waals surface area contributed by atoms with Gasteiger partial charge in [-0.15, -0.1) is 0 Å². The van der Waals surface area contributed by atoms with Crippen LogP contribution in [0.3, 0.4) is 0 Å². The predicted octanol–water partition coefficient (Wildman–Crippen LogP) is 1.39. The van der Waals surface area contributed by atoms with E-state index >= 15 is 0 Å². The van der Waals surface area contributed by atoms with Gasteiger partial charge in [-0.1, -0.05) is 13.8 Å². The van der Waals surface area contributed by atoms with E-state index in [1.165, 1.54) is 0 Å². The molecule has 3 heteroatoms. The van der Waals surface area contributed by atoms with Crippen molar-refractivity contribution in [1.82, 2.24) is 9.78 Å². The first-order chi connectivity index (χ1) is 5.59. The molecule has 0 unspecified atom stereocenters. The molecule has 1 rings (SSSR count). The molecule has 1 N–H and O–H groups in total. The third-order valence-corrected chi connectivity index (χ3v) is 1.70. The Balaban J connectivity index is 2.64. The maximum Gasteiger partial charge on any atom is 0.0708 e. The molecule has 1 aromatic rings. The molecular weight excluding hydrogens is 152 g/mol. The average molecular weight is 168 g/mol. The minimum absolute atomic E-state index is 0.329. The van der Waals surface area contributed by atoms with Crippen molar-refractivity contribution in [1.29, 1.82) is 0 Å². The fourth-order valence-corrected chi connectivity index (χ4v) is 1.06. The number of rotatable bonds is 3.